The van der Waals surface area contributed by atoms with Gasteiger partial charge < -0.3 is 11.1 Å². The lowest BCUT2D eigenvalue weighted by atomic mass is 10.0. The molecule has 0 aliphatic heterocycles. The molecule has 0 bridgehead atoms. The van der Waals surface area contributed by atoms with Crippen molar-refractivity contribution < 1.29 is 17.6 Å². The Morgan fingerprint density at radius 1 is 1.06 bits per heavy atom. The van der Waals surface area contributed by atoms with Gasteiger partial charge in [-0.15, -0.1) is 0 Å². The summed E-state index contributed by atoms with van der Waals surface area (Å²) < 4.78 is 38.5. The first-order chi connectivity index (χ1) is 15.6. The molecule has 0 radical (unpaired) electrons. The Labute approximate surface area is 189 Å². The highest BCUT2D eigenvalue weighted by Gasteiger charge is 2.17. The van der Waals surface area contributed by atoms with Crippen molar-refractivity contribution in [3.63, 3.8) is 0 Å². The fourth-order valence-corrected chi connectivity index (χ4v) is 4.20. The third-order valence-electron chi connectivity index (χ3n) is 5.20. The minimum Gasteiger partial charge on any atom is -0.382 e. The molecule has 0 aliphatic carbocycles. The molecule has 0 atom stereocenters. The number of sulfonamides is 1. The smallest absolute Gasteiger partial charge is 0.284 e. The number of allylic oxidation sites excluding steroid dienone is 1. The van der Waals surface area contributed by atoms with Crippen LogP contribution < -0.4 is 16.2 Å². The number of benzene rings is 3. The van der Waals surface area contributed by atoms with Gasteiger partial charge in [-0.3, -0.25) is 9.89 Å². The fraction of sp³-hybridized carbons (Fsp3) is 0.0435. The summed E-state index contributed by atoms with van der Waals surface area (Å²) in [5.41, 5.74) is 8.50. The molecule has 10 heteroatoms. The second-order valence-corrected chi connectivity index (χ2v) is 8.91. The Hall–Kier alpha value is -4.02. The van der Waals surface area contributed by atoms with Crippen LogP contribution >= 0.6 is 0 Å². The molecule has 168 valence electrons. The fourth-order valence-electron chi connectivity index (χ4n) is 3.44. The van der Waals surface area contributed by atoms with Gasteiger partial charge >= 0.3 is 0 Å². The summed E-state index contributed by atoms with van der Waals surface area (Å²) in [6.07, 6.45) is 0. The lowest BCUT2D eigenvalue weighted by Crippen LogP contribution is -2.13. The first-order valence-electron chi connectivity index (χ1n) is 9.79. The quantitative estimate of drug-likeness (QED) is 0.331. The molecule has 8 nitrogen and oxygen atoms in total. The van der Waals surface area contributed by atoms with Crippen molar-refractivity contribution in [3.05, 3.63) is 78.1 Å². The van der Waals surface area contributed by atoms with Crippen LogP contribution in [0.1, 0.15) is 12.5 Å². The van der Waals surface area contributed by atoms with Crippen LogP contribution in [0.25, 0.3) is 27.6 Å². The number of halogens is 1. The average molecular weight is 466 g/mol. The molecule has 4 aromatic rings. The Morgan fingerprint density at radius 2 is 1.76 bits per heavy atom. The number of nitrogens with one attached hydrogen (secondary N) is 2. The normalized spacial score (nSPS) is 12.5. The van der Waals surface area contributed by atoms with Gasteiger partial charge in [0.15, 0.2) is 11.6 Å². The number of carbonyl (C=O) groups is 1. The van der Waals surface area contributed by atoms with Crippen molar-refractivity contribution in [1.29, 1.82) is 0 Å². The van der Waals surface area contributed by atoms with Crippen molar-refractivity contribution in [1.82, 2.24) is 10.2 Å². The van der Waals surface area contributed by atoms with Crippen molar-refractivity contribution in [2.24, 2.45) is 5.14 Å². The van der Waals surface area contributed by atoms with E-state index >= 15 is 0 Å². The number of nitrogens with two attached hydrogens (primary N) is 2. The van der Waals surface area contributed by atoms with Gasteiger partial charge in [0.25, 0.3) is 5.91 Å². The van der Waals surface area contributed by atoms with Gasteiger partial charge in [-0.25, -0.2) is 17.9 Å². The highest BCUT2D eigenvalue weighted by Crippen LogP contribution is 2.29. The molecule has 0 unspecified atom stereocenters. The van der Waals surface area contributed by atoms with Gasteiger partial charge in [-0.05, 0) is 54.0 Å². The number of fused-ring (bicyclic) bond motifs is 1. The van der Waals surface area contributed by atoms with Crippen LogP contribution in [0.4, 0.5) is 15.9 Å². The van der Waals surface area contributed by atoms with Crippen molar-refractivity contribution in [3.8, 4) is 11.1 Å². The summed E-state index contributed by atoms with van der Waals surface area (Å²) in [5, 5.41) is 15.1. The monoisotopic (exact) mass is 465 g/mol. The Morgan fingerprint density at radius 3 is 2.45 bits per heavy atom. The molecular formula is C23H20FN5O3S. The van der Waals surface area contributed by atoms with E-state index in [9.17, 15) is 17.6 Å². The van der Waals surface area contributed by atoms with Crippen molar-refractivity contribution >= 4 is 43.9 Å². The number of primary sulfonamides is 1. The van der Waals surface area contributed by atoms with Gasteiger partial charge in [-0.1, -0.05) is 36.4 Å². The minimum absolute atomic E-state index is 0.0124. The van der Waals surface area contributed by atoms with Crippen LogP contribution in [0.15, 0.2) is 77.5 Å². The van der Waals surface area contributed by atoms with Crippen LogP contribution in [0.2, 0.25) is 0 Å². The Balaban J connectivity index is 1.57. The van der Waals surface area contributed by atoms with Crippen LogP contribution in [0.3, 0.4) is 0 Å². The molecule has 1 heterocycles. The number of carbonyl (C=O) groups excluding carboxylic acids is 1. The van der Waals surface area contributed by atoms with Gasteiger partial charge in [-0.2, -0.15) is 5.10 Å². The lowest BCUT2D eigenvalue weighted by Gasteiger charge is -2.10. The van der Waals surface area contributed by atoms with E-state index in [0.717, 1.165) is 0 Å². The molecule has 3 aromatic carbocycles. The number of rotatable bonds is 5. The topological polar surface area (TPSA) is 144 Å². The van der Waals surface area contributed by atoms with E-state index in [4.69, 9.17) is 10.9 Å². The number of anilines is 2. The van der Waals surface area contributed by atoms with Crippen LogP contribution in [-0.2, 0) is 14.8 Å². The Kier molecular flexibility index (Phi) is 5.71. The standard InChI is InChI=1S/C23H20FN5O3S/c1-13(15-8-11-19-18(12-15)22(25)29-28-19)21(24)23(30)27-16-9-6-14(7-10-16)17-4-2-3-5-20(17)33(26,31)32/h2-12H,1H3,(H,27,30)(H3,25,28,29)(H2,26,31,32). The summed E-state index contributed by atoms with van der Waals surface area (Å²) in [4.78, 5) is 12.5. The van der Waals surface area contributed by atoms with E-state index in [1.165, 1.54) is 13.0 Å². The van der Waals surface area contributed by atoms with Gasteiger partial charge in [0.05, 0.1) is 10.4 Å². The maximum Gasteiger partial charge on any atom is 0.284 e. The molecule has 1 aromatic heterocycles. The second-order valence-electron chi connectivity index (χ2n) is 7.38. The van der Waals surface area contributed by atoms with E-state index in [1.54, 1.807) is 60.7 Å². The maximum absolute atomic E-state index is 14.8. The predicted molar refractivity (Wildman–Crippen MR) is 126 cm³/mol. The van der Waals surface area contributed by atoms with E-state index in [0.29, 0.717) is 33.3 Å². The third-order valence-corrected chi connectivity index (χ3v) is 6.17. The number of H-pyrrole nitrogens is 1. The molecule has 0 fully saturated rings. The highest BCUT2D eigenvalue weighted by atomic mass is 32.2. The zero-order chi connectivity index (χ0) is 23.8. The third kappa shape index (κ3) is 4.47. The molecule has 0 spiro atoms. The molecule has 0 aliphatic rings. The first kappa shape index (κ1) is 22.2. The summed E-state index contributed by atoms with van der Waals surface area (Å²) in [7, 11) is -3.91. The summed E-state index contributed by atoms with van der Waals surface area (Å²) >= 11 is 0. The molecule has 4 rings (SSSR count). The SMILES string of the molecule is CC(=C(F)C(=O)Nc1ccc(-c2ccccc2S(N)(=O)=O)cc1)c1ccc2[nH]nc(N)c2c1. The number of hydrogen-bond acceptors (Lipinski definition) is 5. The minimum atomic E-state index is -3.91. The van der Waals surface area contributed by atoms with Gasteiger partial charge in [0.2, 0.25) is 10.0 Å². The van der Waals surface area contributed by atoms with Crippen molar-refractivity contribution in [2.45, 2.75) is 11.8 Å². The van der Waals surface area contributed by atoms with Crippen LogP contribution in [0.5, 0.6) is 0 Å². The molecule has 0 saturated carbocycles. The van der Waals surface area contributed by atoms with Gasteiger partial charge in [0.1, 0.15) is 0 Å². The number of nitrogen functional groups attached to an aromatic ring is 1. The van der Waals surface area contributed by atoms with Crippen LogP contribution in [-0.4, -0.2) is 24.5 Å². The first-order valence-corrected chi connectivity index (χ1v) is 11.3. The summed E-state index contributed by atoms with van der Waals surface area (Å²) in [6.45, 7) is 1.50. The molecule has 6 N–H and O–H groups in total. The number of amides is 1. The largest absolute Gasteiger partial charge is 0.382 e. The molecule has 0 saturated heterocycles. The van der Waals surface area contributed by atoms with E-state index in [1.807, 2.05) is 0 Å². The maximum atomic E-state index is 14.8. The second kappa shape index (κ2) is 8.49. The highest BCUT2D eigenvalue weighted by molar-refractivity contribution is 7.89. The van der Waals surface area contributed by atoms with E-state index in [2.05, 4.69) is 15.5 Å². The number of nitrogens with zero attached hydrogens (tertiary/aromatic N) is 1. The zero-order valence-electron chi connectivity index (χ0n) is 17.5. The van der Waals surface area contributed by atoms with Crippen molar-refractivity contribution in [2.75, 3.05) is 11.1 Å². The van der Waals surface area contributed by atoms with Gasteiger partial charge in [0, 0.05) is 16.6 Å². The van der Waals surface area contributed by atoms with E-state index in [-0.39, 0.29) is 16.3 Å². The molecule has 1 amide bonds. The van der Waals surface area contributed by atoms with E-state index < -0.39 is 21.8 Å². The number of aromatic nitrogens is 2. The predicted octanol–water partition coefficient (Wildman–Crippen LogP) is 3.80. The lowest BCUT2D eigenvalue weighted by molar-refractivity contribution is -0.114. The summed E-state index contributed by atoms with van der Waals surface area (Å²) in [5.74, 6) is -1.57. The average Bonchev–Trinajstić information content (AvgIpc) is 3.18. The molecule has 33 heavy (non-hydrogen) atoms. The zero-order valence-corrected chi connectivity index (χ0v) is 18.3. The summed E-state index contributed by atoms with van der Waals surface area (Å²) in [6, 6.07) is 17.7. The molecular weight excluding hydrogens is 445 g/mol. The number of hydrogen-bond donors (Lipinski definition) is 4. The Bertz CT molecular complexity index is 1510. The number of aromatic amines is 1. The van der Waals surface area contributed by atoms with Crippen LogP contribution in [0, 0.1) is 0 Å².